The first-order valence-electron chi connectivity index (χ1n) is 6.30. The van der Waals surface area contributed by atoms with Gasteiger partial charge < -0.3 is 0 Å². The summed E-state index contributed by atoms with van der Waals surface area (Å²) in [7, 11) is 0. The first kappa shape index (κ1) is 12.4. The minimum Gasteiger partial charge on any atom is -0.0808 e. The van der Waals surface area contributed by atoms with Crippen LogP contribution < -0.4 is 0 Å². The minimum absolute atomic E-state index is 1.14. The molecular weight excluding hydrogens is 216 g/mol. The average Bonchev–Trinajstić information content (AvgIpc) is 2.99. The second kappa shape index (κ2) is 6.61. The monoisotopic (exact) mass is 234 g/mol. The van der Waals surface area contributed by atoms with Gasteiger partial charge in [-0.15, -0.1) is 0 Å². The Bertz CT molecular complexity index is 523. The summed E-state index contributed by atoms with van der Waals surface area (Å²) in [5, 5.41) is 0. The molecule has 0 aliphatic heterocycles. The molecule has 1 aliphatic carbocycles. The molecule has 2 aromatic rings. The highest BCUT2D eigenvalue weighted by Gasteiger charge is 1.97. The summed E-state index contributed by atoms with van der Waals surface area (Å²) < 4.78 is 0. The van der Waals surface area contributed by atoms with E-state index in [0.29, 0.717) is 0 Å². The SMILES string of the molecule is C1=CCC=C1.Cc1ccccc1-c1ccccc1. The summed E-state index contributed by atoms with van der Waals surface area (Å²) >= 11 is 0. The molecule has 0 N–H and O–H groups in total. The van der Waals surface area contributed by atoms with Crippen LogP contribution in [-0.2, 0) is 0 Å². The Kier molecular flexibility index (Phi) is 4.54. The summed E-state index contributed by atoms with van der Waals surface area (Å²) in [5.41, 5.74) is 3.94. The van der Waals surface area contributed by atoms with Gasteiger partial charge >= 0.3 is 0 Å². The fourth-order valence-electron chi connectivity index (χ4n) is 1.91. The highest BCUT2D eigenvalue weighted by atomic mass is 14.0. The second-order valence-corrected chi connectivity index (χ2v) is 4.27. The minimum atomic E-state index is 1.14. The van der Waals surface area contributed by atoms with Gasteiger partial charge in [0.2, 0.25) is 0 Å². The third-order valence-corrected chi connectivity index (χ3v) is 2.89. The highest BCUT2D eigenvalue weighted by molar-refractivity contribution is 5.66. The predicted molar refractivity (Wildman–Crippen MR) is 79.5 cm³/mol. The van der Waals surface area contributed by atoms with Crippen LogP contribution in [0.1, 0.15) is 12.0 Å². The van der Waals surface area contributed by atoms with E-state index in [2.05, 4.69) is 79.8 Å². The van der Waals surface area contributed by atoms with Crippen LogP contribution in [0.3, 0.4) is 0 Å². The molecule has 90 valence electrons. The van der Waals surface area contributed by atoms with E-state index < -0.39 is 0 Å². The lowest BCUT2D eigenvalue weighted by molar-refractivity contribution is 1.45. The van der Waals surface area contributed by atoms with Crippen molar-refractivity contribution in [2.24, 2.45) is 0 Å². The molecule has 0 aromatic heterocycles. The topological polar surface area (TPSA) is 0 Å². The van der Waals surface area contributed by atoms with E-state index in [0.717, 1.165) is 6.42 Å². The van der Waals surface area contributed by atoms with Crippen LogP contribution in [-0.4, -0.2) is 0 Å². The van der Waals surface area contributed by atoms with Crippen LogP contribution in [0.5, 0.6) is 0 Å². The zero-order chi connectivity index (χ0) is 12.6. The van der Waals surface area contributed by atoms with Gasteiger partial charge in [-0.3, -0.25) is 0 Å². The van der Waals surface area contributed by atoms with Crippen LogP contribution in [0.4, 0.5) is 0 Å². The van der Waals surface area contributed by atoms with Crippen LogP contribution in [0.25, 0.3) is 11.1 Å². The van der Waals surface area contributed by atoms with E-state index >= 15 is 0 Å². The van der Waals surface area contributed by atoms with Crippen LogP contribution >= 0.6 is 0 Å². The van der Waals surface area contributed by atoms with E-state index in [1.165, 1.54) is 16.7 Å². The van der Waals surface area contributed by atoms with Crippen molar-refractivity contribution in [2.45, 2.75) is 13.3 Å². The molecule has 0 unspecified atom stereocenters. The molecule has 0 saturated heterocycles. The highest BCUT2D eigenvalue weighted by Crippen LogP contribution is 2.21. The molecule has 1 aliphatic rings. The third-order valence-electron chi connectivity index (χ3n) is 2.89. The molecular formula is C18H18. The van der Waals surface area contributed by atoms with Gasteiger partial charge in [0.15, 0.2) is 0 Å². The number of hydrogen-bond donors (Lipinski definition) is 0. The standard InChI is InChI=1S/C13H12.C5H6/c1-11-7-5-6-10-13(11)12-8-3-2-4-9-12;1-2-4-5-3-1/h2-10H,1H3;1-4H,5H2. The first-order valence-corrected chi connectivity index (χ1v) is 6.30. The maximum atomic E-state index is 2.16. The largest absolute Gasteiger partial charge is 0.0808 e. The van der Waals surface area contributed by atoms with Crippen molar-refractivity contribution in [3.8, 4) is 11.1 Å². The first-order chi connectivity index (χ1) is 8.88. The number of hydrogen-bond acceptors (Lipinski definition) is 0. The molecule has 0 fully saturated rings. The van der Waals surface area contributed by atoms with Crippen molar-refractivity contribution in [2.75, 3.05) is 0 Å². The van der Waals surface area contributed by atoms with Crippen molar-refractivity contribution in [3.63, 3.8) is 0 Å². The molecule has 0 atom stereocenters. The van der Waals surface area contributed by atoms with E-state index in [-0.39, 0.29) is 0 Å². The van der Waals surface area contributed by atoms with Crippen LogP contribution in [0, 0.1) is 6.92 Å². The van der Waals surface area contributed by atoms with E-state index in [4.69, 9.17) is 0 Å². The van der Waals surface area contributed by atoms with Crippen LogP contribution in [0.15, 0.2) is 78.9 Å². The Hall–Kier alpha value is -2.08. The number of aryl methyl sites for hydroxylation is 1. The van der Waals surface area contributed by atoms with E-state index in [9.17, 15) is 0 Å². The number of rotatable bonds is 1. The maximum Gasteiger partial charge on any atom is -0.0155 e. The molecule has 0 nitrogen and oxygen atoms in total. The lowest BCUT2D eigenvalue weighted by Gasteiger charge is -2.04. The van der Waals surface area contributed by atoms with Crippen molar-refractivity contribution in [1.29, 1.82) is 0 Å². The molecule has 0 saturated carbocycles. The van der Waals surface area contributed by atoms with Gasteiger partial charge in [-0.2, -0.15) is 0 Å². The van der Waals surface area contributed by atoms with E-state index in [1.54, 1.807) is 0 Å². The van der Waals surface area contributed by atoms with Gasteiger partial charge in [-0.1, -0.05) is 78.9 Å². The second-order valence-electron chi connectivity index (χ2n) is 4.27. The normalized spacial score (nSPS) is 12.1. The van der Waals surface area contributed by atoms with Crippen LogP contribution in [0.2, 0.25) is 0 Å². The summed E-state index contributed by atoms with van der Waals surface area (Å²) in [6.07, 6.45) is 9.50. The lowest BCUT2D eigenvalue weighted by Crippen LogP contribution is -1.80. The molecule has 0 spiro atoms. The maximum absolute atomic E-state index is 2.16. The predicted octanol–water partition coefficient (Wildman–Crippen LogP) is 5.16. The fourth-order valence-corrected chi connectivity index (χ4v) is 1.91. The zero-order valence-electron chi connectivity index (χ0n) is 10.7. The number of allylic oxidation sites excluding steroid dienone is 4. The van der Waals surface area contributed by atoms with Crippen molar-refractivity contribution in [1.82, 2.24) is 0 Å². The van der Waals surface area contributed by atoms with Crippen molar-refractivity contribution >= 4 is 0 Å². The molecule has 2 aromatic carbocycles. The molecule has 0 heterocycles. The molecule has 18 heavy (non-hydrogen) atoms. The Balaban J connectivity index is 0.000000202. The Labute approximate surface area is 109 Å². The molecule has 3 rings (SSSR count). The molecule has 0 radical (unpaired) electrons. The van der Waals surface area contributed by atoms with Gasteiger partial charge in [0, 0.05) is 0 Å². The quantitative estimate of drug-likeness (QED) is 0.639. The summed E-state index contributed by atoms with van der Waals surface area (Å²) in [6.45, 7) is 2.14. The molecule has 0 amide bonds. The Morgan fingerprint density at radius 3 is 1.89 bits per heavy atom. The van der Waals surface area contributed by atoms with Gasteiger partial charge in [0.1, 0.15) is 0 Å². The van der Waals surface area contributed by atoms with E-state index in [1.807, 2.05) is 6.07 Å². The summed E-state index contributed by atoms with van der Waals surface area (Å²) in [6, 6.07) is 18.9. The molecule has 0 bridgehead atoms. The smallest absolute Gasteiger partial charge is 0.0155 e. The zero-order valence-corrected chi connectivity index (χ0v) is 10.7. The lowest BCUT2D eigenvalue weighted by atomic mass is 10.0. The van der Waals surface area contributed by atoms with Crippen molar-refractivity contribution in [3.05, 3.63) is 84.5 Å². The summed E-state index contributed by atoms with van der Waals surface area (Å²) in [4.78, 5) is 0. The summed E-state index contributed by atoms with van der Waals surface area (Å²) in [5.74, 6) is 0. The van der Waals surface area contributed by atoms with Gasteiger partial charge in [0.05, 0.1) is 0 Å². The third kappa shape index (κ3) is 3.46. The Morgan fingerprint density at radius 2 is 1.33 bits per heavy atom. The average molecular weight is 234 g/mol. The van der Waals surface area contributed by atoms with Gasteiger partial charge in [0.25, 0.3) is 0 Å². The number of benzene rings is 2. The molecule has 0 heteroatoms. The fraction of sp³-hybridized carbons (Fsp3) is 0.111. The van der Waals surface area contributed by atoms with Gasteiger partial charge in [-0.25, -0.2) is 0 Å². The van der Waals surface area contributed by atoms with Crippen molar-refractivity contribution < 1.29 is 0 Å². The van der Waals surface area contributed by atoms with Gasteiger partial charge in [-0.05, 0) is 30.0 Å². The Morgan fingerprint density at radius 1 is 0.722 bits per heavy atom.